The van der Waals surface area contributed by atoms with Crippen LogP contribution >= 0.6 is 11.8 Å². The van der Waals surface area contributed by atoms with E-state index in [-0.39, 0.29) is 11.2 Å². The summed E-state index contributed by atoms with van der Waals surface area (Å²) < 4.78 is 7.08. The first-order chi connectivity index (χ1) is 13.6. The standard InChI is InChI=1S/C21H24N4O2S/c1-4-27-19(26)10-7-16(3)28-21-24-23-20(17-11-13-22-14-12-17)25(21)18-8-5-15(2)6-9-18/h5-6,8-9,11-14,16H,4,7,10H2,1-3H3/t16-/m1/s1. The number of carbonyl (C=O) groups excluding carboxylic acids is 1. The molecule has 3 aromatic rings. The predicted octanol–water partition coefficient (Wildman–Crippen LogP) is 4.46. The summed E-state index contributed by atoms with van der Waals surface area (Å²) in [7, 11) is 0. The first kappa shape index (κ1) is 20.1. The molecule has 28 heavy (non-hydrogen) atoms. The highest BCUT2D eigenvalue weighted by Gasteiger charge is 2.19. The van der Waals surface area contributed by atoms with Gasteiger partial charge in [0.25, 0.3) is 0 Å². The van der Waals surface area contributed by atoms with Gasteiger partial charge in [0.05, 0.1) is 6.61 Å². The van der Waals surface area contributed by atoms with Gasteiger partial charge in [-0.05, 0) is 44.5 Å². The molecule has 1 aromatic carbocycles. The Labute approximate surface area is 169 Å². The molecule has 6 nitrogen and oxygen atoms in total. The van der Waals surface area contributed by atoms with Gasteiger partial charge in [-0.3, -0.25) is 14.3 Å². The summed E-state index contributed by atoms with van der Waals surface area (Å²) >= 11 is 1.61. The fourth-order valence-electron chi connectivity index (χ4n) is 2.75. The number of hydrogen-bond donors (Lipinski definition) is 0. The van der Waals surface area contributed by atoms with Gasteiger partial charge in [0, 0.05) is 35.3 Å². The number of benzene rings is 1. The molecule has 0 radical (unpaired) electrons. The Kier molecular flexibility index (Phi) is 6.81. The second-order valence-electron chi connectivity index (χ2n) is 6.49. The van der Waals surface area contributed by atoms with Crippen molar-refractivity contribution in [1.29, 1.82) is 0 Å². The molecule has 0 N–H and O–H groups in total. The first-order valence-corrected chi connectivity index (χ1v) is 10.2. The van der Waals surface area contributed by atoms with Crippen LogP contribution in [0.1, 0.15) is 32.3 Å². The molecular weight excluding hydrogens is 372 g/mol. The number of rotatable bonds is 8. The predicted molar refractivity (Wildman–Crippen MR) is 111 cm³/mol. The van der Waals surface area contributed by atoms with Crippen molar-refractivity contribution in [3.63, 3.8) is 0 Å². The Bertz CT molecular complexity index is 910. The molecule has 0 aliphatic heterocycles. The second kappa shape index (κ2) is 9.50. The van der Waals surface area contributed by atoms with Crippen LogP contribution in [0.2, 0.25) is 0 Å². The Balaban J connectivity index is 1.88. The number of aromatic nitrogens is 4. The SMILES string of the molecule is CCOC(=O)CC[C@@H](C)Sc1nnc(-c2ccncc2)n1-c1ccc(C)cc1. The lowest BCUT2D eigenvalue weighted by molar-refractivity contribution is -0.143. The Morgan fingerprint density at radius 1 is 1.14 bits per heavy atom. The molecule has 0 saturated heterocycles. The van der Waals surface area contributed by atoms with Crippen LogP contribution in [-0.2, 0) is 9.53 Å². The van der Waals surface area contributed by atoms with Crippen LogP contribution in [0.15, 0.2) is 53.9 Å². The van der Waals surface area contributed by atoms with Crippen LogP contribution in [0.5, 0.6) is 0 Å². The van der Waals surface area contributed by atoms with E-state index >= 15 is 0 Å². The molecule has 3 rings (SSSR count). The maximum atomic E-state index is 11.6. The molecule has 0 aliphatic carbocycles. The molecule has 0 fully saturated rings. The van der Waals surface area contributed by atoms with Gasteiger partial charge >= 0.3 is 5.97 Å². The van der Waals surface area contributed by atoms with Gasteiger partial charge in [0.2, 0.25) is 0 Å². The molecule has 0 unspecified atom stereocenters. The molecule has 0 saturated carbocycles. The van der Waals surface area contributed by atoms with E-state index in [0.29, 0.717) is 13.0 Å². The Hall–Kier alpha value is -2.67. The minimum atomic E-state index is -0.160. The summed E-state index contributed by atoms with van der Waals surface area (Å²) in [4.78, 5) is 15.7. The third-order valence-corrected chi connectivity index (χ3v) is 5.34. The number of esters is 1. The summed E-state index contributed by atoms with van der Waals surface area (Å²) in [6.45, 7) is 6.38. The van der Waals surface area contributed by atoms with E-state index in [2.05, 4.69) is 57.9 Å². The van der Waals surface area contributed by atoms with E-state index in [9.17, 15) is 4.79 Å². The Morgan fingerprint density at radius 2 is 1.86 bits per heavy atom. The van der Waals surface area contributed by atoms with Crippen LogP contribution in [0.3, 0.4) is 0 Å². The topological polar surface area (TPSA) is 69.9 Å². The number of ether oxygens (including phenoxy) is 1. The van der Waals surface area contributed by atoms with Crippen LogP contribution in [0.4, 0.5) is 0 Å². The maximum absolute atomic E-state index is 11.6. The zero-order chi connectivity index (χ0) is 19.9. The molecule has 0 aliphatic rings. The van der Waals surface area contributed by atoms with Crippen molar-refractivity contribution in [2.24, 2.45) is 0 Å². The average molecular weight is 397 g/mol. The third-order valence-electron chi connectivity index (χ3n) is 4.23. The summed E-state index contributed by atoms with van der Waals surface area (Å²) in [5, 5.41) is 9.87. The van der Waals surface area contributed by atoms with Crippen molar-refractivity contribution in [2.75, 3.05) is 6.61 Å². The number of thioether (sulfide) groups is 1. The van der Waals surface area contributed by atoms with Gasteiger partial charge in [-0.1, -0.05) is 36.4 Å². The van der Waals surface area contributed by atoms with E-state index in [1.54, 1.807) is 24.2 Å². The fourth-order valence-corrected chi connectivity index (χ4v) is 3.73. The van der Waals surface area contributed by atoms with Crippen molar-refractivity contribution in [3.05, 3.63) is 54.4 Å². The summed E-state index contributed by atoms with van der Waals surface area (Å²) in [6.07, 6.45) is 4.61. The van der Waals surface area contributed by atoms with Crippen molar-refractivity contribution < 1.29 is 9.53 Å². The zero-order valence-electron chi connectivity index (χ0n) is 16.3. The van der Waals surface area contributed by atoms with Crippen LogP contribution < -0.4 is 0 Å². The fraction of sp³-hybridized carbons (Fsp3) is 0.333. The number of carbonyl (C=O) groups is 1. The Morgan fingerprint density at radius 3 is 2.54 bits per heavy atom. The molecule has 0 bridgehead atoms. The van der Waals surface area contributed by atoms with Gasteiger partial charge in [0.1, 0.15) is 0 Å². The monoisotopic (exact) mass is 396 g/mol. The molecule has 2 aromatic heterocycles. The van der Waals surface area contributed by atoms with Crippen LogP contribution in [0.25, 0.3) is 17.1 Å². The van der Waals surface area contributed by atoms with E-state index in [1.807, 2.05) is 19.1 Å². The van der Waals surface area contributed by atoms with Crippen LogP contribution in [-0.4, -0.2) is 37.6 Å². The lowest BCUT2D eigenvalue weighted by Crippen LogP contribution is -2.08. The van der Waals surface area contributed by atoms with Gasteiger partial charge in [0.15, 0.2) is 11.0 Å². The van der Waals surface area contributed by atoms with E-state index < -0.39 is 0 Å². The van der Waals surface area contributed by atoms with Crippen molar-refractivity contribution >= 4 is 17.7 Å². The quantitative estimate of drug-likeness (QED) is 0.413. The van der Waals surface area contributed by atoms with Gasteiger partial charge in [-0.2, -0.15) is 0 Å². The maximum Gasteiger partial charge on any atom is 0.305 e. The first-order valence-electron chi connectivity index (χ1n) is 9.33. The molecule has 0 amide bonds. The summed E-state index contributed by atoms with van der Waals surface area (Å²) in [5.41, 5.74) is 3.15. The molecule has 146 valence electrons. The summed E-state index contributed by atoms with van der Waals surface area (Å²) in [6, 6.07) is 12.1. The van der Waals surface area contributed by atoms with Gasteiger partial charge in [-0.25, -0.2) is 0 Å². The zero-order valence-corrected chi connectivity index (χ0v) is 17.1. The highest BCUT2D eigenvalue weighted by atomic mass is 32.2. The minimum absolute atomic E-state index is 0.160. The molecule has 7 heteroatoms. The van der Waals surface area contributed by atoms with Crippen LogP contribution in [0, 0.1) is 6.92 Å². The minimum Gasteiger partial charge on any atom is -0.466 e. The lowest BCUT2D eigenvalue weighted by Gasteiger charge is -2.13. The number of aryl methyl sites for hydroxylation is 1. The molecule has 1 atom stereocenters. The van der Waals surface area contributed by atoms with E-state index in [0.717, 1.165) is 28.7 Å². The molecular formula is C21H24N4O2S. The highest BCUT2D eigenvalue weighted by molar-refractivity contribution is 7.99. The van der Waals surface area contributed by atoms with E-state index in [4.69, 9.17) is 4.74 Å². The average Bonchev–Trinajstić information content (AvgIpc) is 3.11. The number of hydrogen-bond acceptors (Lipinski definition) is 6. The van der Waals surface area contributed by atoms with E-state index in [1.165, 1.54) is 5.56 Å². The molecule has 2 heterocycles. The van der Waals surface area contributed by atoms with Crippen molar-refractivity contribution in [1.82, 2.24) is 19.7 Å². The highest BCUT2D eigenvalue weighted by Crippen LogP contribution is 2.31. The number of nitrogens with zero attached hydrogens (tertiary/aromatic N) is 4. The van der Waals surface area contributed by atoms with Crippen molar-refractivity contribution in [2.45, 2.75) is 44.0 Å². The number of pyridine rings is 1. The molecule has 0 spiro atoms. The third kappa shape index (κ3) is 4.98. The largest absolute Gasteiger partial charge is 0.466 e. The smallest absolute Gasteiger partial charge is 0.305 e. The van der Waals surface area contributed by atoms with Gasteiger partial charge < -0.3 is 4.74 Å². The lowest BCUT2D eigenvalue weighted by atomic mass is 10.2. The normalized spacial score (nSPS) is 12.0. The van der Waals surface area contributed by atoms with Gasteiger partial charge in [-0.15, -0.1) is 10.2 Å². The summed E-state index contributed by atoms with van der Waals surface area (Å²) in [5.74, 6) is 0.610. The van der Waals surface area contributed by atoms with Crippen molar-refractivity contribution in [3.8, 4) is 17.1 Å². The second-order valence-corrected chi connectivity index (χ2v) is 7.89.